The molecule has 2 aromatic heterocycles. The Balaban J connectivity index is 1.87. The van der Waals surface area contributed by atoms with E-state index in [2.05, 4.69) is 16.0 Å². The maximum atomic E-state index is 12.6. The van der Waals surface area contributed by atoms with Crippen LogP contribution in [-0.4, -0.2) is 26.9 Å². The monoisotopic (exact) mass is 270 g/mol. The summed E-state index contributed by atoms with van der Waals surface area (Å²) in [5.41, 5.74) is 8.15. The van der Waals surface area contributed by atoms with Gasteiger partial charge >= 0.3 is 0 Å². The molecule has 0 bridgehead atoms. The molecule has 2 aromatic rings. The third kappa shape index (κ3) is 2.36. The maximum Gasteiger partial charge on any atom is 0.191 e. The van der Waals surface area contributed by atoms with Crippen LogP contribution >= 0.6 is 0 Å². The second kappa shape index (κ2) is 5.54. The van der Waals surface area contributed by atoms with Crippen LogP contribution in [0.15, 0.2) is 30.9 Å². The van der Waals surface area contributed by atoms with Crippen LogP contribution in [0.4, 0.5) is 0 Å². The quantitative estimate of drug-likeness (QED) is 0.855. The summed E-state index contributed by atoms with van der Waals surface area (Å²) in [4.78, 5) is 21.3. The van der Waals surface area contributed by atoms with E-state index in [4.69, 9.17) is 5.73 Å². The van der Waals surface area contributed by atoms with Gasteiger partial charge in [0, 0.05) is 25.5 Å². The van der Waals surface area contributed by atoms with Crippen molar-refractivity contribution in [3.05, 3.63) is 47.8 Å². The number of carbonyl (C=O) groups excluding carboxylic acids is 1. The van der Waals surface area contributed by atoms with Crippen molar-refractivity contribution in [1.29, 1.82) is 0 Å². The molecule has 1 aliphatic carbocycles. The number of aromatic nitrogens is 3. The number of nitrogens with two attached hydrogens (primary N) is 1. The van der Waals surface area contributed by atoms with E-state index >= 15 is 0 Å². The number of Topliss-reactive ketones (excluding diaryl/α,β-unsaturated/α-hetero) is 1. The van der Waals surface area contributed by atoms with E-state index < -0.39 is 0 Å². The van der Waals surface area contributed by atoms with Gasteiger partial charge in [-0.05, 0) is 30.9 Å². The Morgan fingerprint density at radius 1 is 1.45 bits per heavy atom. The van der Waals surface area contributed by atoms with E-state index in [0.717, 1.165) is 25.0 Å². The van der Waals surface area contributed by atoms with Crippen molar-refractivity contribution in [2.45, 2.75) is 31.7 Å². The second-order valence-electron chi connectivity index (χ2n) is 5.14. The minimum absolute atomic E-state index is 0.0698. The molecule has 1 atom stereocenters. The Bertz CT molecular complexity index is 620. The fraction of sp³-hybridized carbons (Fsp3) is 0.400. The van der Waals surface area contributed by atoms with Crippen molar-refractivity contribution < 1.29 is 4.79 Å². The Morgan fingerprint density at radius 2 is 2.35 bits per heavy atom. The van der Waals surface area contributed by atoms with Crippen molar-refractivity contribution in [3.63, 3.8) is 0 Å². The molecule has 104 valence electrons. The Morgan fingerprint density at radius 3 is 3.20 bits per heavy atom. The lowest BCUT2D eigenvalue weighted by Gasteiger charge is -2.22. The summed E-state index contributed by atoms with van der Waals surface area (Å²) in [5.74, 6) is -0.0819. The number of rotatable bonds is 4. The van der Waals surface area contributed by atoms with Crippen molar-refractivity contribution in [1.82, 2.24) is 14.5 Å². The van der Waals surface area contributed by atoms with Crippen molar-refractivity contribution >= 4 is 5.78 Å². The second-order valence-corrected chi connectivity index (χ2v) is 5.14. The van der Waals surface area contributed by atoms with E-state index in [-0.39, 0.29) is 11.7 Å². The molecule has 20 heavy (non-hydrogen) atoms. The number of nitrogens with zero attached hydrogens (tertiary/aromatic N) is 3. The first-order valence-corrected chi connectivity index (χ1v) is 6.99. The van der Waals surface area contributed by atoms with Gasteiger partial charge in [-0.15, -0.1) is 0 Å². The molecule has 5 nitrogen and oxygen atoms in total. The maximum absolute atomic E-state index is 12.6. The highest BCUT2D eigenvalue weighted by Crippen LogP contribution is 2.32. The number of ketones is 1. The Kier molecular flexibility index (Phi) is 3.60. The molecule has 0 spiro atoms. The van der Waals surface area contributed by atoms with E-state index in [0.29, 0.717) is 18.8 Å². The van der Waals surface area contributed by atoms with Gasteiger partial charge in [-0.3, -0.25) is 9.78 Å². The largest absolute Gasteiger partial charge is 0.335 e. The van der Waals surface area contributed by atoms with E-state index in [1.165, 1.54) is 5.56 Å². The van der Waals surface area contributed by atoms with Gasteiger partial charge in [0.2, 0.25) is 0 Å². The Labute approximate surface area is 117 Å². The smallest absolute Gasteiger partial charge is 0.191 e. The normalized spacial score (nSPS) is 17.8. The van der Waals surface area contributed by atoms with Crippen LogP contribution < -0.4 is 5.73 Å². The molecular weight excluding hydrogens is 252 g/mol. The van der Waals surface area contributed by atoms with Crippen LogP contribution in [0.5, 0.6) is 0 Å². The molecule has 2 heterocycles. The van der Waals surface area contributed by atoms with Gasteiger partial charge in [-0.1, -0.05) is 6.07 Å². The molecule has 1 aliphatic rings. The van der Waals surface area contributed by atoms with Crippen molar-refractivity contribution in [3.8, 4) is 0 Å². The Hall–Kier alpha value is -2.01. The average molecular weight is 270 g/mol. The number of pyridine rings is 1. The molecule has 2 N–H and O–H groups in total. The fourth-order valence-corrected chi connectivity index (χ4v) is 2.80. The predicted molar refractivity (Wildman–Crippen MR) is 75.5 cm³/mol. The van der Waals surface area contributed by atoms with Crippen LogP contribution in [0.1, 0.15) is 40.5 Å². The highest BCUT2D eigenvalue weighted by Gasteiger charge is 2.29. The number of fused-ring (bicyclic) bond motifs is 1. The van der Waals surface area contributed by atoms with Crippen LogP contribution in [0.3, 0.4) is 0 Å². The van der Waals surface area contributed by atoms with Gasteiger partial charge < -0.3 is 10.3 Å². The molecule has 0 saturated carbocycles. The number of hydrogen-bond donors (Lipinski definition) is 1. The average Bonchev–Trinajstić information content (AvgIpc) is 2.95. The molecule has 0 aliphatic heterocycles. The topological polar surface area (TPSA) is 73.8 Å². The van der Waals surface area contributed by atoms with Crippen LogP contribution in [-0.2, 0) is 13.0 Å². The lowest BCUT2D eigenvalue weighted by Crippen LogP contribution is -2.20. The van der Waals surface area contributed by atoms with Crippen LogP contribution in [0.25, 0.3) is 0 Å². The SMILES string of the molecule is NCCn1cnc(C(=O)C2CCCc3cccnc32)c1. The third-order valence-corrected chi connectivity index (χ3v) is 3.78. The lowest BCUT2D eigenvalue weighted by atomic mass is 9.83. The number of aryl methyl sites for hydroxylation is 1. The first-order valence-electron chi connectivity index (χ1n) is 6.99. The van der Waals surface area contributed by atoms with Gasteiger partial charge in [0.05, 0.1) is 17.9 Å². The standard InChI is InChI=1S/C15H18N4O/c16-6-8-19-9-13(18-10-19)15(20)12-5-1-3-11-4-2-7-17-14(11)12/h2,4,7,9-10,12H,1,3,5-6,8,16H2. The minimum atomic E-state index is -0.152. The van der Waals surface area contributed by atoms with E-state index in [1.54, 1.807) is 18.7 Å². The molecule has 0 amide bonds. The van der Waals surface area contributed by atoms with E-state index in [1.807, 2.05) is 10.6 Å². The zero-order valence-electron chi connectivity index (χ0n) is 11.3. The first kappa shape index (κ1) is 13.0. The molecule has 1 unspecified atom stereocenters. The number of carbonyl (C=O) groups is 1. The summed E-state index contributed by atoms with van der Waals surface area (Å²) >= 11 is 0. The van der Waals surface area contributed by atoms with Gasteiger partial charge in [-0.25, -0.2) is 4.98 Å². The molecular formula is C15H18N4O. The zero-order valence-corrected chi connectivity index (χ0v) is 11.3. The third-order valence-electron chi connectivity index (χ3n) is 3.78. The summed E-state index contributed by atoms with van der Waals surface area (Å²) in [6, 6.07) is 4.00. The predicted octanol–water partition coefficient (Wildman–Crippen LogP) is 1.54. The van der Waals surface area contributed by atoms with Crippen molar-refractivity contribution in [2.75, 3.05) is 6.54 Å². The molecule has 0 radical (unpaired) electrons. The summed E-state index contributed by atoms with van der Waals surface area (Å²) in [6.45, 7) is 1.22. The highest BCUT2D eigenvalue weighted by molar-refractivity contribution is 5.99. The van der Waals surface area contributed by atoms with Crippen molar-refractivity contribution in [2.24, 2.45) is 5.73 Å². The van der Waals surface area contributed by atoms with Gasteiger partial charge in [0.1, 0.15) is 5.69 Å². The molecule has 0 fully saturated rings. The minimum Gasteiger partial charge on any atom is -0.335 e. The summed E-state index contributed by atoms with van der Waals surface area (Å²) in [7, 11) is 0. The van der Waals surface area contributed by atoms with Gasteiger partial charge in [0.15, 0.2) is 5.78 Å². The molecule has 3 rings (SSSR count). The lowest BCUT2D eigenvalue weighted by molar-refractivity contribution is 0.0944. The van der Waals surface area contributed by atoms with Gasteiger partial charge in [0.25, 0.3) is 0 Å². The zero-order chi connectivity index (χ0) is 13.9. The fourth-order valence-electron chi connectivity index (χ4n) is 2.80. The van der Waals surface area contributed by atoms with Gasteiger partial charge in [-0.2, -0.15) is 0 Å². The first-order chi connectivity index (χ1) is 9.79. The molecule has 0 saturated heterocycles. The summed E-state index contributed by atoms with van der Waals surface area (Å²) in [5, 5.41) is 0. The molecule has 5 heteroatoms. The number of hydrogen-bond acceptors (Lipinski definition) is 4. The number of imidazole rings is 1. The summed E-state index contributed by atoms with van der Waals surface area (Å²) < 4.78 is 1.86. The highest BCUT2D eigenvalue weighted by atomic mass is 16.1. The molecule has 0 aromatic carbocycles. The van der Waals surface area contributed by atoms with E-state index in [9.17, 15) is 4.79 Å². The van der Waals surface area contributed by atoms with Crippen LogP contribution in [0, 0.1) is 0 Å². The summed E-state index contributed by atoms with van der Waals surface area (Å²) in [6.07, 6.45) is 8.10. The van der Waals surface area contributed by atoms with Crippen LogP contribution in [0.2, 0.25) is 0 Å².